The van der Waals surface area contributed by atoms with Gasteiger partial charge in [0.05, 0.1) is 23.2 Å². The smallest absolute Gasteiger partial charge is 0.416 e. The zero-order valence-corrected chi connectivity index (χ0v) is 13.0. The van der Waals surface area contributed by atoms with E-state index in [1.807, 2.05) is 0 Å². The predicted molar refractivity (Wildman–Crippen MR) is 83.2 cm³/mol. The van der Waals surface area contributed by atoms with E-state index in [9.17, 15) is 28.1 Å². The first-order valence-corrected chi connectivity index (χ1v) is 6.99. The summed E-state index contributed by atoms with van der Waals surface area (Å²) in [6, 6.07) is 8.53. The molecule has 0 spiro atoms. The van der Waals surface area contributed by atoms with Crippen LogP contribution in [0.15, 0.2) is 42.5 Å². The quantitative estimate of drug-likeness (QED) is 0.498. The van der Waals surface area contributed by atoms with Crippen molar-refractivity contribution >= 4 is 17.3 Å². The average Bonchev–Trinajstić information content (AvgIpc) is 2.58. The van der Waals surface area contributed by atoms with Crippen LogP contribution in [0.2, 0.25) is 0 Å². The zero-order chi connectivity index (χ0) is 18.6. The van der Waals surface area contributed by atoms with E-state index < -0.39 is 28.3 Å². The fourth-order valence-electron chi connectivity index (χ4n) is 2.08. The summed E-state index contributed by atoms with van der Waals surface area (Å²) in [6.45, 7) is 0.133. The summed E-state index contributed by atoms with van der Waals surface area (Å²) in [5.41, 5.74) is -0.767. The zero-order valence-electron chi connectivity index (χ0n) is 13.0. The summed E-state index contributed by atoms with van der Waals surface area (Å²) in [6.07, 6.45) is -4.66. The molecule has 2 aromatic carbocycles. The Kier molecular flexibility index (Phi) is 5.26. The number of nitro groups is 1. The van der Waals surface area contributed by atoms with Crippen molar-refractivity contribution in [3.8, 4) is 0 Å². The van der Waals surface area contributed by atoms with E-state index >= 15 is 0 Å². The number of hydrogen-bond donors (Lipinski definition) is 1. The molecular formula is C16H13F3N2O4. The number of carbonyl (C=O) groups excluding carboxylic acids is 1. The number of alkyl halides is 3. The van der Waals surface area contributed by atoms with Gasteiger partial charge in [-0.15, -0.1) is 0 Å². The minimum Gasteiger partial charge on any atom is -0.465 e. The van der Waals surface area contributed by atoms with Gasteiger partial charge in [0.25, 0.3) is 5.69 Å². The number of carbonyl (C=O) groups is 1. The molecule has 9 heteroatoms. The monoisotopic (exact) mass is 354 g/mol. The maximum absolute atomic E-state index is 12.7. The average molecular weight is 354 g/mol. The summed E-state index contributed by atoms with van der Waals surface area (Å²) >= 11 is 0. The standard InChI is InChI=1S/C16H13F3N2O4/c1-25-15(22)11-4-2-10(3-5-11)9-20-13-7-6-12(16(17,18)19)8-14(13)21(23)24/h2-8,20H,9H2,1H3. The van der Waals surface area contributed by atoms with Crippen LogP contribution in [0.5, 0.6) is 0 Å². The van der Waals surface area contributed by atoms with Crippen molar-refractivity contribution in [2.75, 3.05) is 12.4 Å². The van der Waals surface area contributed by atoms with Gasteiger partial charge in [-0.3, -0.25) is 10.1 Å². The van der Waals surface area contributed by atoms with Crippen LogP contribution in [-0.2, 0) is 17.5 Å². The Morgan fingerprint density at radius 3 is 2.36 bits per heavy atom. The van der Waals surface area contributed by atoms with Crippen molar-refractivity contribution in [1.29, 1.82) is 0 Å². The van der Waals surface area contributed by atoms with E-state index in [1.54, 1.807) is 12.1 Å². The lowest BCUT2D eigenvalue weighted by Gasteiger charge is -2.11. The molecule has 0 bridgehead atoms. The van der Waals surface area contributed by atoms with Gasteiger partial charge in [0, 0.05) is 12.6 Å². The largest absolute Gasteiger partial charge is 0.465 e. The van der Waals surface area contributed by atoms with Gasteiger partial charge < -0.3 is 10.1 Å². The number of nitro benzene ring substituents is 1. The molecule has 0 heterocycles. The molecule has 2 rings (SSSR count). The van der Waals surface area contributed by atoms with E-state index in [4.69, 9.17) is 0 Å². The first-order valence-electron chi connectivity index (χ1n) is 6.99. The van der Waals surface area contributed by atoms with Crippen molar-refractivity contribution in [2.24, 2.45) is 0 Å². The van der Waals surface area contributed by atoms with E-state index in [2.05, 4.69) is 10.1 Å². The van der Waals surface area contributed by atoms with Crippen LogP contribution in [0, 0.1) is 10.1 Å². The molecule has 2 aromatic rings. The molecular weight excluding hydrogens is 341 g/mol. The molecule has 0 unspecified atom stereocenters. The second-order valence-electron chi connectivity index (χ2n) is 5.03. The van der Waals surface area contributed by atoms with Crippen LogP contribution in [0.3, 0.4) is 0 Å². The Hall–Kier alpha value is -3.10. The molecule has 0 aromatic heterocycles. The number of hydrogen-bond acceptors (Lipinski definition) is 5. The molecule has 0 aliphatic rings. The number of benzene rings is 2. The topological polar surface area (TPSA) is 81.5 Å². The van der Waals surface area contributed by atoms with Crippen molar-refractivity contribution in [3.63, 3.8) is 0 Å². The molecule has 132 valence electrons. The SMILES string of the molecule is COC(=O)c1ccc(CNc2ccc(C(F)(F)F)cc2[N+](=O)[O-])cc1. The van der Waals surface area contributed by atoms with Crippen molar-refractivity contribution < 1.29 is 27.6 Å². The predicted octanol–water partition coefficient (Wildman–Crippen LogP) is 4.01. The summed E-state index contributed by atoms with van der Waals surface area (Å²) in [7, 11) is 1.25. The molecule has 0 aliphatic carbocycles. The fraction of sp³-hybridized carbons (Fsp3) is 0.188. The third-order valence-corrected chi connectivity index (χ3v) is 3.38. The molecule has 0 saturated heterocycles. The highest BCUT2D eigenvalue weighted by atomic mass is 19.4. The van der Waals surface area contributed by atoms with Gasteiger partial charge in [-0.2, -0.15) is 13.2 Å². The molecule has 1 N–H and O–H groups in total. The summed E-state index contributed by atoms with van der Waals surface area (Å²) < 4.78 is 42.6. The molecule has 0 radical (unpaired) electrons. The third-order valence-electron chi connectivity index (χ3n) is 3.38. The lowest BCUT2D eigenvalue weighted by atomic mass is 10.1. The number of esters is 1. The third kappa shape index (κ3) is 4.46. The molecule has 6 nitrogen and oxygen atoms in total. The molecule has 0 aliphatic heterocycles. The maximum atomic E-state index is 12.7. The number of nitrogens with one attached hydrogen (secondary N) is 1. The van der Waals surface area contributed by atoms with Crippen LogP contribution >= 0.6 is 0 Å². The Morgan fingerprint density at radius 2 is 1.84 bits per heavy atom. The van der Waals surface area contributed by atoms with E-state index in [1.165, 1.54) is 19.2 Å². The van der Waals surface area contributed by atoms with Crippen LogP contribution in [0.25, 0.3) is 0 Å². The van der Waals surface area contributed by atoms with Crippen LogP contribution in [-0.4, -0.2) is 18.0 Å². The van der Waals surface area contributed by atoms with Gasteiger partial charge in [0.15, 0.2) is 0 Å². The van der Waals surface area contributed by atoms with E-state index in [0.29, 0.717) is 17.2 Å². The van der Waals surface area contributed by atoms with Gasteiger partial charge in [-0.1, -0.05) is 12.1 Å². The lowest BCUT2D eigenvalue weighted by molar-refractivity contribution is -0.384. The second-order valence-corrected chi connectivity index (χ2v) is 5.03. The van der Waals surface area contributed by atoms with Crippen LogP contribution < -0.4 is 5.32 Å². The number of halogens is 3. The van der Waals surface area contributed by atoms with Gasteiger partial charge in [-0.25, -0.2) is 4.79 Å². The van der Waals surface area contributed by atoms with Gasteiger partial charge in [-0.05, 0) is 29.8 Å². The Bertz CT molecular complexity index is 789. The number of anilines is 1. The highest BCUT2D eigenvalue weighted by Gasteiger charge is 2.33. The van der Waals surface area contributed by atoms with E-state index in [-0.39, 0.29) is 12.2 Å². The number of ether oxygens (including phenoxy) is 1. The van der Waals surface area contributed by atoms with Crippen molar-refractivity contribution in [2.45, 2.75) is 12.7 Å². The van der Waals surface area contributed by atoms with Crippen molar-refractivity contribution in [3.05, 3.63) is 69.3 Å². The molecule has 0 atom stereocenters. The lowest BCUT2D eigenvalue weighted by Crippen LogP contribution is -2.08. The molecule has 0 saturated carbocycles. The number of nitrogens with zero attached hydrogens (tertiary/aromatic N) is 1. The second kappa shape index (κ2) is 7.20. The maximum Gasteiger partial charge on any atom is 0.416 e. The normalized spacial score (nSPS) is 11.0. The Morgan fingerprint density at radius 1 is 1.20 bits per heavy atom. The van der Waals surface area contributed by atoms with Crippen LogP contribution in [0.1, 0.15) is 21.5 Å². The minimum absolute atomic E-state index is 0.0324. The first kappa shape index (κ1) is 18.2. The first-order chi connectivity index (χ1) is 11.7. The minimum atomic E-state index is -4.66. The summed E-state index contributed by atoms with van der Waals surface area (Å²) in [4.78, 5) is 21.5. The van der Waals surface area contributed by atoms with E-state index in [0.717, 1.165) is 12.1 Å². The summed E-state index contributed by atoms with van der Waals surface area (Å²) in [5.74, 6) is -0.502. The molecule has 0 fully saturated rings. The Balaban J connectivity index is 2.17. The fourth-order valence-corrected chi connectivity index (χ4v) is 2.08. The van der Waals surface area contributed by atoms with Crippen LogP contribution in [0.4, 0.5) is 24.5 Å². The van der Waals surface area contributed by atoms with Gasteiger partial charge in [0.1, 0.15) is 5.69 Å². The highest BCUT2D eigenvalue weighted by Crippen LogP contribution is 2.35. The van der Waals surface area contributed by atoms with Gasteiger partial charge >= 0.3 is 12.1 Å². The highest BCUT2D eigenvalue weighted by molar-refractivity contribution is 5.89. The molecule has 25 heavy (non-hydrogen) atoms. The molecule has 0 amide bonds. The Labute approximate surface area is 140 Å². The number of rotatable bonds is 5. The van der Waals surface area contributed by atoms with Crippen molar-refractivity contribution in [1.82, 2.24) is 0 Å². The summed E-state index contributed by atoms with van der Waals surface area (Å²) in [5, 5.41) is 13.7. The van der Waals surface area contributed by atoms with Gasteiger partial charge in [0.2, 0.25) is 0 Å². The number of methoxy groups -OCH3 is 1.